The number of aliphatic imine (C=N–C) groups is 1. The predicted octanol–water partition coefficient (Wildman–Crippen LogP) is 2.96. The Labute approximate surface area is 149 Å². The molecule has 0 aliphatic heterocycles. The Balaban J connectivity index is 0.00000242. The first-order valence-electron chi connectivity index (χ1n) is 7.44. The maximum atomic E-state index is 4.57. The lowest BCUT2D eigenvalue weighted by molar-refractivity contribution is 0.785. The largest absolute Gasteiger partial charge is 0.357 e. The van der Waals surface area contributed by atoms with Gasteiger partial charge in [0.25, 0.3) is 0 Å². The van der Waals surface area contributed by atoms with Crippen LogP contribution >= 0.6 is 24.0 Å². The van der Waals surface area contributed by atoms with Crippen molar-refractivity contribution in [2.75, 3.05) is 13.1 Å². The average molecular weight is 413 g/mol. The molecule has 0 fully saturated rings. The van der Waals surface area contributed by atoms with Crippen molar-refractivity contribution in [2.45, 2.75) is 26.8 Å². The number of guanidine groups is 1. The number of aromatic nitrogens is 2. The second kappa shape index (κ2) is 10.2. The van der Waals surface area contributed by atoms with Gasteiger partial charge in [-0.3, -0.25) is 0 Å². The number of rotatable bonds is 6. The summed E-state index contributed by atoms with van der Waals surface area (Å²) in [6.45, 7) is 6.61. The third kappa shape index (κ3) is 5.67. The average Bonchev–Trinajstić information content (AvgIpc) is 3.00. The lowest BCUT2D eigenvalue weighted by atomic mass is 10.3. The van der Waals surface area contributed by atoms with Crippen LogP contribution in [-0.2, 0) is 6.54 Å². The van der Waals surface area contributed by atoms with Crippen LogP contribution in [0, 0.1) is 0 Å². The molecule has 1 aromatic carbocycles. The van der Waals surface area contributed by atoms with Crippen molar-refractivity contribution in [2.24, 2.45) is 4.99 Å². The molecule has 0 bridgehead atoms. The molecule has 2 rings (SSSR count). The fraction of sp³-hybridized carbons (Fsp3) is 0.375. The van der Waals surface area contributed by atoms with Gasteiger partial charge in [-0.25, -0.2) is 9.67 Å². The molecule has 0 aliphatic carbocycles. The van der Waals surface area contributed by atoms with Gasteiger partial charge >= 0.3 is 0 Å². The first kappa shape index (κ1) is 18.5. The van der Waals surface area contributed by atoms with E-state index in [1.165, 1.54) is 0 Å². The van der Waals surface area contributed by atoms with Crippen molar-refractivity contribution < 1.29 is 0 Å². The van der Waals surface area contributed by atoms with Crippen molar-refractivity contribution in [3.8, 4) is 5.69 Å². The van der Waals surface area contributed by atoms with Gasteiger partial charge in [-0.1, -0.05) is 25.1 Å². The van der Waals surface area contributed by atoms with Gasteiger partial charge in [-0.15, -0.1) is 24.0 Å². The number of nitrogens with one attached hydrogen (secondary N) is 2. The highest BCUT2D eigenvalue weighted by molar-refractivity contribution is 14.0. The number of nitrogens with zero attached hydrogens (tertiary/aromatic N) is 3. The van der Waals surface area contributed by atoms with Gasteiger partial charge in [0.2, 0.25) is 0 Å². The van der Waals surface area contributed by atoms with Gasteiger partial charge in [0, 0.05) is 24.8 Å². The molecule has 1 aromatic heterocycles. The number of halogens is 1. The molecular formula is C16H24IN5. The van der Waals surface area contributed by atoms with Crippen molar-refractivity contribution in [1.29, 1.82) is 0 Å². The molecule has 0 atom stereocenters. The van der Waals surface area contributed by atoms with E-state index in [0.29, 0.717) is 6.54 Å². The van der Waals surface area contributed by atoms with Crippen LogP contribution in [0.3, 0.4) is 0 Å². The molecule has 0 aliphatic rings. The van der Waals surface area contributed by atoms with Gasteiger partial charge in [-0.2, -0.15) is 5.10 Å². The fourth-order valence-electron chi connectivity index (χ4n) is 1.92. The summed E-state index contributed by atoms with van der Waals surface area (Å²) >= 11 is 0. The molecule has 0 amide bonds. The molecule has 120 valence electrons. The maximum Gasteiger partial charge on any atom is 0.191 e. The van der Waals surface area contributed by atoms with E-state index in [0.717, 1.165) is 36.7 Å². The van der Waals surface area contributed by atoms with Gasteiger partial charge in [-0.05, 0) is 25.5 Å². The summed E-state index contributed by atoms with van der Waals surface area (Å²) in [7, 11) is 0. The Morgan fingerprint density at radius 2 is 1.95 bits per heavy atom. The van der Waals surface area contributed by atoms with Crippen LogP contribution in [0.15, 0.2) is 47.7 Å². The fourth-order valence-corrected chi connectivity index (χ4v) is 1.92. The van der Waals surface area contributed by atoms with E-state index < -0.39 is 0 Å². The van der Waals surface area contributed by atoms with Crippen LogP contribution in [0.2, 0.25) is 0 Å². The van der Waals surface area contributed by atoms with Crippen molar-refractivity contribution >= 4 is 29.9 Å². The molecule has 6 heteroatoms. The Morgan fingerprint density at radius 3 is 2.64 bits per heavy atom. The third-order valence-corrected chi connectivity index (χ3v) is 2.96. The summed E-state index contributed by atoms with van der Waals surface area (Å²) < 4.78 is 1.87. The number of hydrogen-bond acceptors (Lipinski definition) is 2. The molecule has 5 nitrogen and oxygen atoms in total. The van der Waals surface area contributed by atoms with Crippen LogP contribution in [0.4, 0.5) is 0 Å². The van der Waals surface area contributed by atoms with Gasteiger partial charge < -0.3 is 10.6 Å². The molecule has 0 radical (unpaired) electrons. The quantitative estimate of drug-likeness (QED) is 0.435. The first-order valence-corrected chi connectivity index (χ1v) is 7.44. The lowest BCUT2D eigenvalue weighted by Crippen LogP contribution is -2.37. The minimum atomic E-state index is 0. The second-order valence-corrected chi connectivity index (χ2v) is 4.75. The predicted molar refractivity (Wildman–Crippen MR) is 102 cm³/mol. The van der Waals surface area contributed by atoms with Crippen LogP contribution in [-0.4, -0.2) is 28.8 Å². The monoisotopic (exact) mass is 413 g/mol. The Kier molecular flexibility index (Phi) is 8.57. The van der Waals surface area contributed by atoms with E-state index in [2.05, 4.69) is 34.6 Å². The SMILES string of the molecule is CCCNC(=NCc1cnn(-c2ccccc2)c1)NCC.I. The van der Waals surface area contributed by atoms with Crippen molar-refractivity contribution in [1.82, 2.24) is 20.4 Å². The molecule has 0 saturated carbocycles. The number of benzene rings is 1. The first-order chi connectivity index (χ1) is 10.3. The van der Waals surface area contributed by atoms with Crippen molar-refractivity contribution in [3.05, 3.63) is 48.3 Å². The van der Waals surface area contributed by atoms with E-state index in [1.54, 1.807) is 0 Å². The van der Waals surface area contributed by atoms with Gasteiger partial charge in [0.1, 0.15) is 0 Å². The molecule has 2 N–H and O–H groups in total. The van der Waals surface area contributed by atoms with E-state index in [4.69, 9.17) is 0 Å². The van der Waals surface area contributed by atoms with Crippen molar-refractivity contribution in [3.63, 3.8) is 0 Å². The summed E-state index contributed by atoms with van der Waals surface area (Å²) in [6.07, 6.45) is 4.96. The molecule has 0 spiro atoms. The van der Waals surface area contributed by atoms with Gasteiger partial charge in [0.05, 0.1) is 18.4 Å². The molecule has 0 unspecified atom stereocenters. The van der Waals surface area contributed by atoms with E-state index in [1.807, 2.05) is 47.4 Å². The zero-order chi connectivity index (χ0) is 14.9. The van der Waals surface area contributed by atoms with E-state index >= 15 is 0 Å². The van der Waals surface area contributed by atoms with Crippen LogP contribution in [0.25, 0.3) is 5.69 Å². The highest BCUT2D eigenvalue weighted by Crippen LogP contribution is 2.08. The Bertz CT molecular complexity index is 565. The normalized spacial score (nSPS) is 10.9. The van der Waals surface area contributed by atoms with Crippen LogP contribution in [0.1, 0.15) is 25.8 Å². The number of para-hydroxylation sites is 1. The van der Waals surface area contributed by atoms with E-state index in [9.17, 15) is 0 Å². The second-order valence-electron chi connectivity index (χ2n) is 4.75. The molecular weight excluding hydrogens is 389 g/mol. The third-order valence-electron chi connectivity index (χ3n) is 2.96. The van der Waals surface area contributed by atoms with Gasteiger partial charge in [0.15, 0.2) is 5.96 Å². The minimum Gasteiger partial charge on any atom is -0.357 e. The molecule has 22 heavy (non-hydrogen) atoms. The molecule has 1 heterocycles. The smallest absolute Gasteiger partial charge is 0.191 e. The molecule has 2 aromatic rings. The summed E-state index contributed by atoms with van der Waals surface area (Å²) in [5.41, 5.74) is 2.15. The topological polar surface area (TPSA) is 54.2 Å². The molecule has 0 saturated heterocycles. The number of hydrogen-bond donors (Lipinski definition) is 2. The maximum absolute atomic E-state index is 4.57. The van der Waals surface area contributed by atoms with Crippen LogP contribution < -0.4 is 10.6 Å². The van der Waals surface area contributed by atoms with Crippen LogP contribution in [0.5, 0.6) is 0 Å². The standard InChI is InChI=1S/C16H23N5.HI/c1-3-10-18-16(17-4-2)19-11-14-12-20-21(13-14)15-8-6-5-7-9-15;/h5-9,12-13H,3-4,10-11H2,1-2H3,(H2,17,18,19);1H. The Hall–Kier alpha value is -1.57. The zero-order valence-electron chi connectivity index (χ0n) is 13.1. The minimum absolute atomic E-state index is 0. The highest BCUT2D eigenvalue weighted by atomic mass is 127. The summed E-state index contributed by atoms with van der Waals surface area (Å²) in [5.74, 6) is 0.854. The Morgan fingerprint density at radius 1 is 1.18 bits per heavy atom. The summed E-state index contributed by atoms with van der Waals surface area (Å²) in [5, 5.41) is 10.9. The lowest BCUT2D eigenvalue weighted by Gasteiger charge is -2.09. The van der Waals surface area contributed by atoms with E-state index in [-0.39, 0.29) is 24.0 Å². The summed E-state index contributed by atoms with van der Waals surface area (Å²) in [4.78, 5) is 4.57. The summed E-state index contributed by atoms with van der Waals surface area (Å²) in [6, 6.07) is 10.1. The highest BCUT2D eigenvalue weighted by Gasteiger charge is 2.01. The zero-order valence-corrected chi connectivity index (χ0v) is 15.5.